The number of amides is 2. The van der Waals surface area contributed by atoms with Gasteiger partial charge in [-0.15, -0.1) is 0 Å². The van der Waals surface area contributed by atoms with Crippen LogP contribution in [0.5, 0.6) is 0 Å². The van der Waals surface area contributed by atoms with Crippen LogP contribution in [0.25, 0.3) is 6.08 Å². The third kappa shape index (κ3) is 4.69. The lowest BCUT2D eigenvalue weighted by Gasteiger charge is -2.32. The fourth-order valence-electron chi connectivity index (χ4n) is 4.13. The summed E-state index contributed by atoms with van der Waals surface area (Å²) < 4.78 is 0. The lowest BCUT2D eigenvalue weighted by molar-refractivity contribution is -0.128. The predicted molar refractivity (Wildman–Crippen MR) is 128 cm³/mol. The van der Waals surface area contributed by atoms with Crippen LogP contribution in [0.3, 0.4) is 0 Å². The number of nitrogens with one attached hydrogen (secondary N) is 1. The van der Waals surface area contributed by atoms with Gasteiger partial charge in [-0.3, -0.25) is 19.8 Å². The summed E-state index contributed by atoms with van der Waals surface area (Å²) in [5.41, 5.74) is 4.76. The second-order valence-corrected chi connectivity index (χ2v) is 8.41. The van der Waals surface area contributed by atoms with E-state index < -0.39 is 5.91 Å². The highest BCUT2D eigenvalue weighted by Crippen LogP contribution is 2.30. The van der Waals surface area contributed by atoms with Crippen LogP contribution in [-0.2, 0) is 22.6 Å². The largest absolute Gasteiger partial charge is 0.367 e. The van der Waals surface area contributed by atoms with E-state index in [0.29, 0.717) is 6.54 Å². The molecule has 160 valence electrons. The van der Waals surface area contributed by atoms with Gasteiger partial charge in [0.05, 0.1) is 0 Å². The van der Waals surface area contributed by atoms with E-state index in [-0.39, 0.29) is 16.6 Å². The minimum absolute atomic E-state index is 0.140. The summed E-state index contributed by atoms with van der Waals surface area (Å²) in [7, 11) is 0. The van der Waals surface area contributed by atoms with Crippen molar-refractivity contribution in [1.29, 1.82) is 0 Å². The van der Waals surface area contributed by atoms with Gasteiger partial charge in [-0.25, -0.2) is 0 Å². The maximum atomic E-state index is 12.9. The Morgan fingerprint density at radius 2 is 1.94 bits per heavy atom. The highest BCUT2D eigenvalue weighted by molar-refractivity contribution is 7.80. The summed E-state index contributed by atoms with van der Waals surface area (Å²) in [4.78, 5) is 29.3. The number of carbonyl (C=O) groups excluding carboxylic acids is 2. The van der Waals surface area contributed by atoms with Crippen molar-refractivity contribution in [3.05, 3.63) is 70.8 Å². The van der Waals surface area contributed by atoms with Crippen LogP contribution in [0.1, 0.15) is 42.9 Å². The van der Waals surface area contributed by atoms with E-state index in [4.69, 9.17) is 12.2 Å². The first-order chi connectivity index (χ1) is 15.1. The fraction of sp³-hybridized carbons (Fsp3) is 0.320. The van der Waals surface area contributed by atoms with Gasteiger partial charge in [0.25, 0.3) is 11.8 Å². The Bertz CT molecular complexity index is 1030. The van der Waals surface area contributed by atoms with Crippen LogP contribution >= 0.6 is 12.2 Å². The number of benzene rings is 2. The molecule has 6 heteroatoms. The zero-order valence-electron chi connectivity index (χ0n) is 17.8. The number of fused-ring (bicyclic) bond motifs is 1. The fourth-order valence-corrected chi connectivity index (χ4v) is 4.40. The first-order valence-corrected chi connectivity index (χ1v) is 11.3. The number of aryl methyl sites for hydroxylation is 1. The van der Waals surface area contributed by atoms with Crippen LogP contribution < -0.4 is 10.2 Å². The Hall–Kier alpha value is -2.99. The molecule has 2 aliphatic rings. The van der Waals surface area contributed by atoms with E-state index >= 15 is 0 Å². The van der Waals surface area contributed by atoms with Crippen molar-refractivity contribution in [2.24, 2.45) is 0 Å². The average molecular weight is 434 g/mol. The van der Waals surface area contributed by atoms with Gasteiger partial charge >= 0.3 is 0 Å². The number of hydrogen-bond acceptors (Lipinski definition) is 4. The molecule has 1 fully saturated rings. The van der Waals surface area contributed by atoms with Gasteiger partial charge in [0.1, 0.15) is 5.57 Å². The predicted octanol–water partition coefficient (Wildman–Crippen LogP) is 4.07. The molecule has 1 saturated heterocycles. The van der Waals surface area contributed by atoms with Crippen LogP contribution in [0.4, 0.5) is 5.69 Å². The maximum Gasteiger partial charge on any atom is 0.265 e. The zero-order chi connectivity index (χ0) is 21.8. The maximum absolute atomic E-state index is 12.9. The molecule has 0 aromatic heterocycles. The molecule has 2 aromatic rings. The van der Waals surface area contributed by atoms with Crippen LogP contribution in [0.2, 0.25) is 0 Å². The number of carbonyl (C=O) groups is 2. The molecule has 0 unspecified atom stereocenters. The Morgan fingerprint density at radius 3 is 2.71 bits per heavy atom. The zero-order valence-corrected chi connectivity index (χ0v) is 18.6. The molecule has 0 spiro atoms. The normalized spacial score (nSPS) is 17.7. The number of thiocarbonyl (C=S) groups is 1. The van der Waals surface area contributed by atoms with Crippen LogP contribution in [0.15, 0.2) is 54.1 Å². The van der Waals surface area contributed by atoms with E-state index in [2.05, 4.69) is 53.5 Å². The quantitative estimate of drug-likeness (QED) is 0.424. The number of nitrogens with zero attached hydrogens (tertiary/aromatic N) is 2. The lowest BCUT2D eigenvalue weighted by atomic mass is 9.97. The second kappa shape index (κ2) is 9.43. The van der Waals surface area contributed by atoms with E-state index in [1.54, 1.807) is 6.08 Å². The topological polar surface area (TPSA) is 52.7 Å². The van der Waals surface area contributed by atoms with Gasteiger partial charge in [-0.05, 0) is 66.4 Å². The minimum atomic E-state index is -0.425. The molecule has 1 N–H and O–H groups in total. The molecular weight excluding hydrogens is 406 g/mol. The molecule has 31 heavy (non-hydrogen) atoms. The third-order valence-electron chi connectivity index (χ3n) is 5.77. The summed E-state index contributed by atoms with van der Waals surface area (Å²) in [6.07, 6.45) is 5.55. The van der Waals surface area contributed by atoms with Crippen molar-refractivity contribution >= 4 is 40.9 Å². The highest BCUT2D eigenvalue weighted by Gasteiger charge is 2.33. The molecule has 2 aliphatic heterocycles. The monoisotopic (exact) mass is 433 g/mol. The molecule has 0 radical (unpaired) electrons. The minimum Gasteiger partial charge on any atom is -0.367 e. The molecule has 5 nitrogen and oxygen atoms in total. The summed E-state index contributed by atoms with van der Waals surface area (Å²) in [5, 5.41) is 2.85. The van der Waals surface area contributed by atoms with E-state index in [9.17, 15) is 9.59 Å². The number of unbranched alkanes of at least 4 members (excludes halogenated alkanes) is 1. The van der Waals surface area contributed by atoms with E-state index in [1.165, 1.54) is 21.7 Å². The lowest BCUT2D eigenvalue weighted by Crippen LogP contribution is -2.54. The molecule has 2 aromatic carbocycles. The third-order valence-corrected chi connectivity index (χ3v) is 6.09. The van der Waals surface area contributed by atoms with E-state index in [0.717, 1.165) is 44.3 Å². The van der Waals surface area contributed by atoms with Crippen molar-refractivity contribution < 1.29 is 9.59 Å². The molecular formula is C25H27N3O2S. The molecule has 0 aliphatic carbocycles. The van der Waals surface area contributed by atoms with E-state index in [1.807, 2.05) is 12.1 Å². The Balaban J connectivity index is 1.58. The van der Waals surface area contributed by atoms with Crippen molar-refractivity contribution in [2.45, 2.75) is 39.2 Å². The molecule has 0 atom stereocenters. The second-order valence-electron chi connectivity index (χ2n) is 8.03. The Morgan fingerprint density at radius 1 is 1.13 bits per heavy atom. The van der Waals surface area contributed by atoms with Crippen molar-refractivity contribution in [1.82, 2.24) is 10.2 Å². The SMILES string of the molecule is CCCCN1C(=O)C(=Cc2ccc3c(c2)CCCN3Cc2ccccc2)C(=O)NC1=S. The molecule has 2 amide bonds. The first kappa shape index (κ1) is 21.2. The average Bonchev–Trinajstić information content (AvgIpc) is 2.77. The Labute approximate surface area is 188 Å². The van der Waals surface area contributed by atoms with Crippen LogP contribution in [0, 0.1) is 0 Å². The number of rotatable bonds is 6. The smallest absolute Gasteiger partial charge is 0.265 e. The standard InChI is InChI=1S/C25H27N3O2S/c1-2-3-14-28-24(30)21(23(29)26-25(28)31)16-19-11-12-22-20(15-19)10-7-13-27(22)17-18-8-5-4-6-9-18/h4-6,8-9,11-12,15-16H,2-3,7,10,13-14,17H2,1H3,(H,26,29,31). The van der Waals surface area contributed by atoms with Gasteiger partial charge in [0.2, 0.25) is 0 Å². The van der Waals surface area contributed by atoms with Crippen molar-refractivity contribution in [3.8, 4) is 0 Å². The molecule has 0 saturated carbocycles. The van der Waals surface area contributed by atoms with Crippen LogP contribution in [-0.4, -0.2) is 34.9 Å². The molecule has 0 bridgehead atoms. The van der Waals surface area contributed by atoms with Crippen molar-refractivity contribution in [3.63, 3.8) is 0 Å². The summed E-state index contributed by atoms with van der Waals surface area (Å²) >= 11 is 5.20. The van der Waals surface area contributed by atoms with Gasteiger partial charge in [0, 0.05) is 25.3 Å². The summed E-state index contributed by atoms with van der Waals surface area (Å²) in [6.45, 7) is 4.47. The van der Waals surface area contributed by atoms with Crippen molar-refractivity contribution in [2.75, 3.05) is 18.0 Å². The highest BCUT2D eigenvalue weighted by atomic mass is 32.1. The number of anilines is 1. The Kier molecular flexibility index (Phi) is 6.47. The number of hydrogen-bond donors (Lipinski definition) is 1. The van der Waals surface area contributed by atoms with Gasteiger partial charge in [0.15, 0.2) is 5.11 Å². The van der Waals surface area contributed by atoms with Gasteiger partial charge in [-0.2, -0.15) is 0 Å². The summed E-state index contributed by atoms with van der Waals surface area (Å²) in [6, 6.07) is 16.7. The molecule has 4 rings (SSSR count). The molecule has 2 heterocycles. The van der Waals surface area contributed by atoms with Gasteiger partial charge < -0.3 is 4.90 Å². The first-order valence-electron chi connectivity index (χ1n) is 10.9. The van der Waals surface area contributed by atoms with Gasteiger partial charge in [-0.1, -0.05) is 49.7 Å². The summed E-state index contributed by atoms with van der Waals surface area (Å²) in [5.74, 6) is -0.739.